The minimum Gasteiger partial charge on any atom is -0.406 e. The third-order valence-electron chi connectivity index (χ3n) is 3.48. The Labute approximate surface area is 117 Å². The maximum Gasteiger partial charge on any atom is 0.573 e. The topological polar surface area (TPSA) is 21.3 Å². The average molecular weight is 287 g/mol. The van der Waals surface area contributed by atoms with Crippen molar-refractivity contribution in [3.05, 3.63) is 23.8 Å². The van der Waals surface area contributed by atoms with E-state index in [1.807, 2.05) is 0 Å². The van der Waals surface area contributed by atoms with Crippen molar-refractivity contribution < 1.29 is 17.9 Å². The molecule has 5 heteroatoms. The molecule has 0 aromatic heterocycles. The van der Waals surface area contributed by atoms with Crippen molar-refractivity contribution in [1.29, 1.82) is 0 Å². The van der Waals surface area contributed by atoms with Gasteiger partial charge in [-0.1, -0.05) is 20.8 Å². The fourth-order valence-corrected chi connectivity index (χ4v) is 2.44. The summed E-state index contributed by atoms with van der Waals surface area (Å²) in [4.78, 5) is 0. The Kier molecular flexibility index (Phi) is 3.89. The van der Waals surface area contributed by atoms with Gasteiger partial charge in [0.25, 0.3) is 0 Å². The first kappa shape index (κ1) is 15.0. The molecule has 1 aliphatic heterocycles. The summed E-state index contributed by atoms with van der Waals surface area (Å²) in [6.45, 7) is 7.28. The minimum atomic E-state index is -4.64. The van der Waals surface area contributed by atoms with Gasteiger partial charge in [-0.2, -0.15) is 0 Å². The Morgan fingerprint density at radius 3 is 2.55 bits per heavy atom. The number of nitrogens with one attached hydrogen (secondary N) is 1. The third kappa shape index (κ3) is 4.05. The lowest BCUT2D eigenvalue weighted by Gasteiger charge is -2.20. The molecule has 0 saturated heterocycles. The molecule has 2 rings (SSSR count). The lowest BCUT2D eigenvalue weighted by molar-refractivity contribution is -0.274. The number of fused-ring (bicyclic) bond motifs is 1. The Balaban J connectivity index is 2.11. The van der Waals surface area contributed by atoms with Gasteiger partial charge in [0.2, 0.25) is 0 Å². The molecular weight excluding hydrogens is 267 g/mol. The van der Waals surface area contributed by atoms with Crippen LogP contribution in [0.25, 0.3) is 0 Å². The van der Waals surface area contributed by atoms with Gasteiger partial charge in [-0.15, -0.1) is 13.2 Å². The summed E-state index contributed by atoms with van der Waals surface area (Å²) in [6.07, 6.45) is -2.65. The van der Waals surface area contributed by atoms with Crippen molar-refractivity contribution in [1.82, 2.24) is 0 Å². The van der Waals surface area contributed by atoms with Gasteiger partial charge in [0.05, 0.1) is 0 Å². The molecule has 0 spiro atoms. The Morgan fingerprint density at radius 2 is 1.95 bits per heavy atom. The zero-order valence-corrected chi connectivity index (χ0v) is 12.0. The van der Waals surface area contributed by atoms with Gasteiger partial charge in [0.15, 0.2) is 0 Å². The maximum atomic E-state index is 12.3. The van der Waals surface area contributed by atoms with Gasteiger partial charge >= 0.3 is 6.36 Å². The molecule has 1 aliphatic rings. The number of hydrogen-bond acceptors (Lipinski definition) is 2. The lowest BCUT2D eigenvalue weighted by Crippen LogP contribution is -2.17. The number of rotatable bonds is 3. The Hall–Kier alpha value is -1.39. The van der Waals surface area contributed by atoms with E-state index in [2.05, 4.69) is 30.8 Å². The van der Waals surface area contributed by atoms with Crippen LogP contribution in [0.2, 0.25) is 0 Å². The van der Waals surface area contributed by atoms with Crippen LogP contribution in [0, 0.1) is 5.41 Å². The van der Waals surface area contributed by atoms with Gasteiger partial charge in [0, 0.05) is 18.2 Å². The number of anilines is 1. The van der Waals surface area contributed by atoms with Crippen LogP contribution in [0.1, 0.15) is 45.1 Å². The lowest BCUT2D eigenvalue weighted by atomic mass is 9.85. The summed E-state index contributed by atoms with van der Waals surface area (Å²) in [7, 11) is 0. The average Bonchev–Trinajstić information content (AvgIpc) is 2.65. The number of ether oxygens (including phenoxy) is 1. The molecule has 1 atom stereocenters. The van der Waals surface area contributed by atoms with Crippen LogP contribution in [0.4, 0.5) is 18.9 Å². The molecule has 20 heavy (non-hydrogen) atoms. The zero-order chi connectivity index (χ0) is 15.0. The van der Waals surface area contributed by atoms with Gasteiger partial charge in [-0.25, -0.2) is 0 Å². The fraction of sp³-hybridized carbons (Fsp3) is 0.600. The van der Waals surface area contributed by atoms with Gasteiger partial charge in [-0.05, 0) is 42.0 Å². The first-order chi connectivity index (χ1) is 9.14. The first-order valence-corrected chi connectivity index (χ1v) is 6.78. The molecule has 1 aromatic rings. The van der Waals surface area contributed by atoms with E-state index in [-0.39, 0.29) is 17.1 Å². The number of benzene rings is 1. The molecule has 0 aliphatic carbocycles. The van der Waals surface area contributed by atoms with Crippen LogP contribution >= 0.6 is 0 Å². The summed E-state index contributed by atoms with van der Waals surface area (Å²) in [5.41, 5.74) is 2.07. The predicted octanol–water partition coefficient (Wildman–Crippen LogP) is 4.92. The monoisotopic (exact) mass is 287 g/mol. The highest BCUT2D eigenvalue weighted by Crippen LogP contribution is 2.39. The molecule has 112 valence electrons. The minimum absolute atomic E-state index is 0.138. The van der Waals surface area contributed by atoms with E-state index < -0.39 is 6.36 Å². The van der Waals surface area contributed by atoms with Crippen molar-refractivity contribution >= 4 is 5.69 Å². The van der Waals surface area contributed by atoms with Crippen LogP contribution in [0.15, 0.2) is 18.2 Å². The highest BCUT2D eigenvalue weighted by molar-refractivity contribution is 5.60. The van der Waals surface area contributed by atoms with Gasteiger partial charge in [-0.3, -0.25) is 0 Å². The Bertz CT molecular complexity index is 477. The molecule has 0 amide bonds. The van der Waals surface area contributed by atoms with Crippen LogP contribution in [-0.2, 0) is 0 Å². The summed E-state index contributed by atoms with van der Waals surface area (Å²) in [6, 6.07) is 4.52. The molecule has 1 N–H and O–H groups in total. The van der Waals surface area contributed by atoms with Gasteiger partial charge < -0.3 is 10.1 Å². The highest BCUT2D eigenvalue weighted by Gasteiger charge is 2.32. The maximum absolute atomic E-state index is 12.3. The van der Waals surface area contributed by atoms with E-state index in [1.165, 1.54) is 12.1 Å². The summed E-state index contributed by atoms with van der Waals surface area (Å²) < 4.78 is 40.8. The molecule has 0 saturated carbocycles. The van der Waals surface area contributed by atoms with Crippen LogP contribution in [-0.4, -0.2) is 12.9 Å². The smallest absolute Gasteiger partial charge is 0.406 e. The van der Waals surface area contributed by atoms with E-state index in [0.29, 0.717) is 0 Å². The quantitative estimate of drug-likeness (QED) is 0.852. The molecule has 1 unspecified atom stereocenters. The van der Waals surface area contributed by atoms with Crippen LogP contribution in [0.5, 0.6) is 5.75 Å². The Morgan fingerprint density at radius 1 is 1.25 bits per heavy atom. The SMILES string of the molecule is CC(C)(C)CCC1CNc2ccc(OC(F)(F)F)cc21. The van der Waals surface area contributed by atoms with Crippen molar-refractivity contribution in [3.63, 3.8) is 0 Å². The van der Waals surface area contributed by atoms with Crippen molar-refractivity contribution in [3.8, 4) is 5.75 Å². The van der Waals surface area contributed by atoms with Crippen molar-refractivity contribution in [2.24, 2.45) is 5.41 Å². The fourth-order valence-electron chi connectivity index (χ4n) is 2.44. The highest BCUT2D eigenvalue weighted by atomic mass is 19.4. The van der Waals surface area contributed by atoms with E-state index in [4.69, 9.17) is 0 Å². The molecular formula is C15H20F3NO. The first-order valence-electron chi connectivity index (χ1n) is 6.78. The second-order valence-electron chi connectivity index (χ2n) is 6.47. The molecule has 0 bridgehead atoms. The van der Waals surface area contributed by atoms with Crippen molar-refractivity contribution in [2.45, 2.75) is 45.9 Å². The summed E-state index contributed by atoms with van der Waals surface area (Å²) >= 11 is 0. The van der Waals surface area contributed by atoms with Crippen LogP contribution < -0.4 is 10.1 Å². The second kappa shape index (κ2) is 5.19. The molecule has 1 aromatic carbocycles. The number of halogens is 3. The molecule has 0 fully saturated rings. The van der Waals surface area contributed by atoms with E-state index in [1.54, 1.807) is 6.07 Å². The van der Waals surface area contributed by atoms with E-state index in [9.17, 15) is 13.2 Å². The largest absolute Gasteiger partial charge is 0.573 e. The second-order valence-corrected chi connectivity index (χ2v) is 6.47. The van der Waals surface area contributed by atoms with E-state index >= 15 is 0 Å². The van der Waals surface area contributed by atoms with E-state index in [0.717, 1.165) is 30.6 Å². The number of hydrogen-bond donors (Lipinski definition) is 1. The summed E-state index contributed by atoms with van der Waals surface area (Å²) in [5.74, 6) is 0.113. The zero-order valence-electron chi connectivity index (χ0n) is 12.0. The summed E-state index contributed by atoms with van der Waals surface area (Å²) in [5, 5.41) is 3.24. The molecule has 2 nitrogen and oxygen atoms in total. The standard InChI is InChI=1S/C15H20F3NO/c1-14(2,3)7-6-10-9-19-13-5-4-11(8-12(10)13)20-15(16,17)18/h4-5,8,10,19H,6-7,9H2,1-3H3. The number of alkyl halides is 3. The normalized spacial score (nSPS) is 18.6. The predicted molar refractivity (Wildman–Crippen MR) is 73.0 cm³/mol. The molecule has 1 heterocycles. The van der Waals surface area contributed by atoms with Crippen LogP contribution in [0.3, 0.4) is 0 Å². The van der Waals surface area contributed by atoms with Gasteiger partial charge in [0.1, 0.15) is 5.75 Å². The molecule has 0 radical (unpaired) electrons. The van der Waals surface area contributed by atoms with Crippen molar-refractivity contribution in [2.75, 3.05) is 11.9 Å². The third-order valence-corrected chi connectivity index (χ3v) is 3.48.